The Bertz CT molecular complexity index is 1590. The first kappa shape index (κ1) is 25.2. The van der Waals surface area contributed by atoms with Crippen molar-refractivity contribution in [2.75, 3.05) is 5.75 Å². The molecule has 4 aromatic rings. The summed E-state index contributed by atoms with van der Waals surface area (Å²) < 4.78 is 15.2. The molecule has 5 nitrogen and oxygen atoms in total. The van der Waals surface area contributed by atoms with Crippen molar-refractivity contribution in [1.82, 2.24) is 15.1 Å². The molecule has 0 fully saturated rings. The third-order valence-electron chi connectivity index (χ3n) is 6.85. The molecule has 0 bridgehead atoms. The number of carbonyl (C=O) groups excluding carboxylic acids is 1. The van der Waals surface area contributed by atoms with Gasteiger partial charge in [-0.05, 0) is 58.7 Å². The van der Waals surface area contributed by atoms with E-state index in [9.17, 15) is 14.3 Å². The molecular weight excluding hydrogens is 544 g/mol. The number of amides is 1. The number of nitrogens with one attached hydrogen (secondary N) is 1. The van der Waals surface area contributed by atoms with Crippen molar-refractivity contribution in [3.63, 3.8) is 0 Å². The largest absolute Gasteiger partial charge is 0.390 e. The van der Waals surface area contributed by atoms with Gasteiger partial charge in [0.2, 0.25) is 0 Å². The van der Waals surface area contributed by atoms with Crippen molar-refractivity contribution in [1.29, 1.82) is 0 Å². The van der Waals surface area contributed by atoms with E-state index in [0.29, 0.717) is 33.7 Å². The zero-order chi connectivity index (χ0) is 26.4. The molecule has 1 aromatic heterocycles. The second-order valence-electron chi connectivity index (χ2n) is 9.32. The molecule has 2 atom stereocenters. The van der Waals surface area contributed by atoms with E-state index in [4.69, 9.17) is 28.3 Å². The number of benzene rings is 3. The molecule has 0 saturated carbocycles. The lowest BCUT2D eigenvalue weighted by molar-refractivity contribution is 0.0852. The smallest absolute Gasteiger partial charge is 0.272 e. The van der Waals surface area contributed by atoms with Crippen LogP contribution in [0.3, 0.4) is 0 Å². The fraction of sp³-hybridized carbons (Fsp3) is 0.172. The molecule has 1 amide bonds. The highest BCUT2D eigenvalue weighted by Crippen LogP contribution is 2.39. The normalized spacial score (nSPS) is 19.3. The molecule has 3 aromatic carbocycles. The molecule has 2 N–H and O–H groups in total. The maximum Gasteiger partial charge on any atom is 0.272 e. The number of rotatable bonds is 4. The van der Waals surface area contributed by atoms with Crippen molar-refractivity contribution < 1.29 is 14.3 Å². The number of aliphatic hydroxyl groups excluding tert-OH is 1. The molecule has 0 spiro atoms. The van der Waals surface area contributed by atoms with E-state index in [1.165, 1.54) is 12.1 Å². The molecular formula is C29H22Cl2FN3O2S. The van der Waals surface area contributed by atoms with E-state index in [1.807, 2.05) is 30.3 Å². The van der Waals surface area contributed by atoms with Crippen LogP contribution in [0.2, 0.25) is 10.0 Å². The number of hydrogen-bond acceptors (Lipinski definition) is 4. The summed E-state index contributed by atoms with van der Waals surface area (Å²) in [5.74, 6) is 0.582. The SMILES string of the molecule is O=C(N[C@H]1c2ccccc2C[C@H]1O)c1nn(-c2ccc(Cl)cc2Cl)c2c1CSC/C2=C\c1ccc(F)cc1. The Morgan fingerprint density at radius 1 is 1.11 bits per heavy atom. The van der Waals surface area contributed by atoms with Gasteiger partial charge in [0, 0.05) is 28.5 Å². The number of aromatic nitrogens is 2. The summed E-state index contributed by atoms with van der Waals surface area (Å²) in [6.07, 6.45) is 1.74. The van der Waals surface area contributed by atoms with Crippen LogP contribution in [-0.2, 0) is 12.2 Å². The highest BCUT2D eigenvalue weighted by molar-refractivity contribution is 7.99. The molecule has 192 valence electrons. The van der Waals surface area contributed by atoms with Crippen molar-refractivity contribution in [2.45, 2.75) is 24.3 Å². The minimum absolute atomic E-state index is 0.278. The van der Waals surface area contributed by atoms with Crippen LogP contribution in [0.1, 0.15) is 44.5 Å². The summed E-state index contributed by atoms with van der Waals surface area (Å²) in [6, 6.07) is 18.6. The zero-order valence-electron chi connectivity index (χ0n) is 20.0. The van der Waals surface area contributed by atoms with Gasteiger partial charge in [0.1, 0.15) is 5.82 Å². The second kappa shape index (κ2) is 10.2. The Kier molecular flexibility index (Phi) is 6.78. The van der Waals surface area contributed by atoms with Gasteiger partial charge in [-0.1, -0.05) is 59.6 Å². The highest BCUT2D eigenvalue weighted by atomic mass is 35.5. The predicted molar refractivity (Wildman–Crippen MR) is 150 cm³/mol. The number of nitrogens with zero attached hydrogens (tertiary/aromatic N) is 2. The third-order valence-corrected chi connectivity index (χ3v) is 8.39. The van der Waals surface area contributed by atoms with Gasteiger partial charge in [0.15, 0.2) is 5.69 Å². The van der Waals surface area contributed by atoms with Gasteiger partial charge < -0.3 is 10.4 Å². The van der Waals surface area contributed by atoms with Crippen LogP contribution < -0.4 is 5.32 Å². The first-order chi connectivity index (χ1) is 18.4. The minimum atomic E-state index is -0.719. The Morgan fingerprint density at radius 2 is 1.89 bits per heavy atom. The van der Waals surface area contributed by atoms with Gasteiger partial charge >= 0.3 is 0 Å². The summed E-state index contributed by atoms with van der Waals surface area (Å²) in [5.41, 5.74) is 6.12. The summed E-state index contributed by atoms with van der Waals surface area (Å²) in [4.78, 5) is 13.7. The van der Waals surface area contributed by atoms with Gasteiger partial charge in [-0.2, -0.15) is 16.9 Å². The molecule has 2 heterocycles. The molecule has 9 heteroatoms. The van der Waals surface area contributed by atoms with Gasteiger partial charge in [0.05, 0.1) is 28.5 Å². The molecule has 38 heavy (non-hydrogen) atoms. The molecule has 0 radical (unpaired) electrons. The minimum Gasteiger partial charge on any atom is -0.390 e. The second-order valence-corrected chi connectivity index (χ2v) is 11.1. The first-order valence-corrected chi connectivity index (χ1v) is 14.0. The monoisotopic (exact) mass is 565 g/mol. The lowest BCUT2D eigenvalue weighted by atomic mass is 10.0. The van der Waals surface area contributed by atoms with E-state index in [2.05, 4.69) is 5.32 Å². The maximum atomic E-state index is 13.7. The van der Waals surface area contributed by atoms with Gasteiger partial charge in [-0.3, -0.25) is 4.79 Å². The summed E-state index contributed by atoms with van der Waals surface area (Å²) in [5, 5.41) is 19.4. The van der Waals surface area contributed by atoms with Crippen molar-refractivity contribution >= 4 is 52.5 Å². The van der Waals surface area contributed by atoms with E-state index in [-0.39, 0.29) is 17.4 Å². The van der Waals surface area contributed by atoms with Crippen LogP contribution in [0.25, 0.3) is 17.3 Å². The van der Waals surface area contributed by atoms with Crippen LogP contribution >= 0.6 is 35.0 Å². The molecule has 0 unspecified atom stereocenters. The fourth-order valence-corrected chi connectivity index (χ4v) is 6.59. The van der Waals surface area contributed by atoms with Gasteiger partial charge in [-0.15, -0.1) is 0 Å². The quantitative estimate of drug-likeness (QED) is 0.296. The van der Waals surface area contributed by atoms with Gasteiger partial charge in [0.25, 0.3) is 5.91 Å². The lowest BCUT2D eigenvalue weighted by Gasteiger charge is -2.20. The number of carbonyl (C=O) groups is 1. The summed E-state index contributed by atoms with van der Waals surface area (Å²) in [6.45, 7) is 0. The molecule has 2 aliphatic rings. The Hall–Kier alpha value is -3.10. The van der Waals surface area contributed by atoms with Crippen molar-refractivity contribution in [3.05, 3.63) is 116 Å². The summed E-state index contributed by atoms with van der Waals surface area (Å²) in [7, 11) is 0. The van der Waals surface area contributed by atoms with Crippen LogP contribution in [0.15, 0.2) is 66.7 Å². The van der Waals surface area contributed by atoms with E-state index in [1.54, 1.807) is 46.8 Å². The van der Waals surface area contributed by atoms with Crippen molar-refractivity contribution in [2.24, 2.45) is 0 Å². The van der Waals surface area contributed by atoms with E-state index < -0.39 is 12.1 Å². The fourth-order valence-electron chi connectivity index (χ4n) is 5.09. The Balaban J connectivity index is 1.46. The Morgan fingerprint density at radius 3 is 2.68 bits per heavy atom. The van der Waals surface area contributed by atoms with Crippen LogP contribution in [0.5, 0.6) is 0 Å². The average molecular weight is 566 g/mol. The average Bonchev–Trinajstić information content (AvgIpc) is 3.44. The summed E-state index contributed by atoms with van der Waals surface area (Å²) >= 11 is 14.4. The standard InChI is InChI=1S/C29H22Cl2FN3O2S/c30-19-7-10-24(23(31)13-19)35-28-18(11-16-5-8-20(32)9-6-16)14-38-15-22(28)27(34-35)29(37)33-26-21-4-2-1-3-17(21)12-25(26)36/h1-11,13,25-26,36H,12,14-15H2,(H,33,37)/b18-11+/t25-,26+/m1/s1. The molecule has 1 aliphatic carbocycles. The number of thioether (sulfide) groups is 1. The van der Waals surface area contributed by atoms with Crippen molar-refractivity contribution in [3.8, 4) is 5.69 Å². The molecule has 6 rings (SSSR count). The topological polar surface area (TPSA) is 67.2 Å². The maximum absolute atomic E-state index is 13.7. The van der Waals surface area contributed by atoms with Gasteiger partial charge in [-0.25, -0.2) is 9.07 Å². The first-order valence-electron chi connectivity index (χ1n) is 12.1. The number of fused-ring (bicyclic) bond motifs is 2. The van der Waals surface area contributed by atoms with Crippen LogP contribution in [-0.4, -0.2) is 32.7 Å². The Labute approximate surface area is 233 Å². The predicted octanol–water partition coefficient (Wildman–Crippen LogP) is 6.49. The number of aliphatic hydroxyl groups is 1. The zero-order valence-corrected chi connectivity index (χ0v) is 22.3. The van der Waals surface area contributed by atoms with Crippen LogP contribution in [0, 0.1) is 5.82 Å². The number of hydrogen-bond donors (Lipinski definition) is 2. The number of halogens is 3. The molecule has 1 aliphatic heterocycles. The van der Waals surface area contributed by atoms with E-state index in [0.717, 1.165) is 33.5 Å². The highest BCUT2D eigenvalue weighted by Gasteiger charge is 2.35. The lowest BCUT2D eigenvalue weighted by Crippen LogP contribution is -2.34. The van der Waals surface area contributed by atoms with Crippen LogP contribution in [0.4, 0.5) is 4.39 Å². The third kappa shape index (κ3) is 4.64. The van der Waals surface area contributed by atoms with E-state index >= 15 is 0 Å². The molecule has 0 saturated heterocycles.